The molecule has 0 unspecified atom stereocenters. The summed E-state index contributed by atoms with van der Waals surface area (Å²) in [5.41, 5.74) is 21.9. The van der Waals surface area contributed by atoms with Crippen molar-refractivity contribution in [3.63, 3.8) is 0 Å². The van der Waals surface area contributed by atoms with Gasteiger partial charge in [-0.1, -0.05) is 249 Å². The van der Waals surface area contributed by atoms with E-state index in [0.717, 1.165) is 111 Å². The van der Waals surface area contributed by atoms with Crippen molar-refractivity contribution in [2.75, 3.05) is 9.80 Å². The van der Waals surface area contributed by atoms with Crippen molar-refractivity contribution < 1.29 is 26.3 Å². The van der Waals surface area contributed by atoms with Crippen LogP contribution in [0.15, 0.2) is 400 Å². The summed E-state index contributed by atoms with van der Waals surface area (Å²) in [6, 6.07) is 136. The maximum Gasteiger partial charge on any atom is 0.200 e. The first kappa shape index (κ1) is 69.7. The van der Waals surface area contributed by atoms with Crippen LogP contribution in [0.4, 0.5) is 60.5 Å². The third-order valence-corrected chi connectivity index (χ3v) is 21.7. The third kappa shape index (κ3) is 12.9. The lowest BCUT2D eigenvalue weighted by Crippen LogP contribution is -2.10. The van der Waals surface area contributed by atoms with E-state index in [0.29, 0.717) is 5.69 Å². The van der Waals surface area contributed by atoms with Gasteiger partial charge in [0.2, 0.25) is 5.82 Å². The molecule has 0 aliphatic heterocycles. The number of halogens is 6. The van der Waals surface area contributed by atoms with Crippen LogP contribution in [-0.4, -0.2) is 9.13 Å². The zero-order valence-electron chi connectivity index (χ0n) is 61.2. The molecule has 114 heavy (non-hydrogen) atoms. The summed E-state index contributed by atoms with van der Waals surface area (Å²) in [6.07, 6.45) is 0. The van der Waals surface area contributed by atoms with E-state index < -0.39 is 34.6 Å². The van der Waals surface area contributed by atoms with Crippen molar-refractivity contribution in [3.8, 4) is 78.1 Å². The molecule has 20 rings (SSSR count). The van der Waals surface area contributed by atoms with Crippen molar-refractivity contribution in [2.45, 2.75) is 0 Å². The second-order valence-electron chi connectivity index (χ2n) is 28.3. The van der Waals surface area contributed by atoms with Gasteiger partial charge in [-0.2, -0.15) is 0 Å². The molecule has 0 amide bonds. The lowest BCUT2D eigenvalue weighted by molar-refractivity contribution is 0.381. The molecule has 2 heterocycles. The van der Waals surface area contributed by atoms with Gasteiger partial charge in [0.15, 0.2) is 23.3 Å². The highest BCUT2D eigenvalue weighted by Gasteiger charge is 2.28. The molecule has 4 nitrogen and oxygen atoms in total. The van der Waals surface area contributed by atoms with E-state index in [1.807, 2.05) is 95.9 Å². The Kier molecular flexibility index (Phi) is 18.1. The highest BCUT2D eigenvalue weighted by Crippen LogP contribution is 2.44. The fraction of sp³-hybridized carbons (Fsp3) is 0. The Bertz CT molecular complexity index is 6950. The monoisotopic (exact) mass is 1480 g/mol. The fourth-order valence-electron chi connectivity index (χ4n) is 16.0. The van der Waals surface area contributed by atoms with Crippen LogP contribution in [0.5, 0.6) is 0 Å². The number of anilines is 6. The van der Waals surface area contributed by atoms with Crippen LogP contribution in [0.25, 0.3) is 143 Å². The molecule has 10 heteroatoms. The smallest absolute Gasteiger partial charge is 0.200 e. The number of rotatable bonds is 14. The molecule has 0 aliphatic rings. The normalized spacial score (nSPS) is 11.4. The molecule has 2 aromatic heterocycles. The minimum absolute atomic E-state index is 0.146. The fourth-order valence-corrected chi connectivity index (χ4v) is 16.0. The van der Waals surface area contributed by atoms with Gasteiger partial charge in [-0.15, -0.1) is 0 Å². The van der Waals surface area contributed by atoms with E-state index in [-0.39, 0.29) is 11.4 Å². The zero-order chi connectivity index (χ0) is 76.9. The SMILES string of the molecule is Fc1c(F)c(F)c(-c2ccc(N(c3ccc(-c4ccc5ccccc5c4)cc3)c3ccc(-c4ccc5c(c4)c4ccccc4n5-c4ccccc4)cc3)cc2)c(F)c1F.Fc1ccc(-c2ccc(N(c3ccc(-c4ccc5c(c4)c4ccccc4n5-c4ccccc4)cc3)c3ccc(-c4cccc5ccccc45)cc3)cc2)cc1. The Hall–Kier alpha value is -14.7. The van der Waals surface area contributed by atoms with Gasteiger partial charge in [-0.05, 0) is 234 Å². The summed E-state index contributed by atoms with van der Waals surface area (Å²) < 4.78 is 90.2. The Labute approximate surface area is 654 Å². The van der Waals surface area contributed by atoms with Crippen LogP contribution in [-0.2, 0) is 0 Å². The van der Waals surface area contributed by atoms with Crippen molar-refractivity contribution in [1.29, 1.82) is 0 Å². The summed E-state index contributed by atoms with van der Waals surface area (Å²) in [7, 11) is 0. The molecule has 0 radical (unpaired) electrons. The number of hydrogen-bond donors (Lipinski definition) is 0. The maximum atomic E-state index is 14.8. The van der Waals surface area contributed by atoms with E-state index in [1.54, 1.807) is 12.1 Å². The lowest BCUT2D eigenvalue weighted by Gasteiger charge is -2.26. The van der Waals surface area contributed by atoms with Crippen LogP contribution in [0.3, 0.4) is 0 Å². The van der Waals surface area contributed by atoms with E-state index in [9.17, 15) is 26.3 Å². The van der Waals surface area contributed by atoms with Crippen molar-refractivity contribution in [2.24, 2.45) is 0 Å². The molecule has 0 atom stereocenters. The highest BCUT2D eigenvalue weighted by atomic mass is 19.2. The molecule has 0 aliphatic carbocycles. The van der Waals surface area contributed by atoms with E-state index in [4.69, 9.17) is 0 Å². The van der Waals surface area contributed by atoms with Gasteiger partial charge in [-0.25, -0.2) is 26.3 Å². The number of hydrogen-bond acceptors (Lipinski definition) is 2. The quantitative estimate of drug-likeness (QED) is 0.0613. The molecule has 544 valence electrons. The van der Waals surface area contributed by atoms with Gasteiger partial charge in [0.1, 0.15) is 5.82 Å². The molecule has 0 N–H and O–H groups in total. The number of fused-ring (bicyclic) bond motifs is 8. The standard InChI is InChI=1S/C52H31F5N2.C52H35FN2/c53-48-47(49(54)51(56)52(57)50(48)55)35-20-27-42(28-21-35)58(40-23-16-33(17-24-40)37-15-14-32-8-4-5-9-36(32)30-37)41-25-18-34(19-26-41)38-22-29-46-44(31-38)43-12-6-7-13-45(43)59(46)39-10-2-1-3-11-39;53-42-26-17-36(18-27-42)37-19-28-44(29-20-37)54(46-32-23-40(24-33-46)48-15-8-10-39-9-4-5-13-47(39)48)45-30-21-38(22-31-45)41-25-34-52-50(35-41)49-14-6-7-16-51(49)55(52)43-11-2-1-3-12-43/h1-31H;1-35H. The van der Waals surface area contributed by atoms with Crippen molar-refractivity contribution in [1.82, 2.24) is 9.13 Å². The molecular formula is C104H66F6N4. The van der Waals surface area contributed by atoms with Crippen LogP contribution < -0.4 is 9.80 Å². The van der Waals surface area contributed by atoms with Gasteiger partial charge in [0.05, 0.1) is 27.6 Å². The number of benzene rings is 18. The van der Waals surface area contributed by atoms with Gasteiger partial charge >= 0.3 is 0 Å². The second-order valence-corrected chi connectivity index (χ2v) is 28.3. The van der Waals surface area contributed by atoms with E-state index in [2.05, 4.69) is 287 Å². The summed E-state index contributed by atoms with van der Waals surface area (Å²) in [6.45, 7) is 0. The first-order valence-corrected chi connectivity index (χ1v) is 37.7. The van der Waals surface area contributed by atoms with Gasteiger partial charge in [0, 0.05) is 67.0 Å². The first-order valence-electron chi connectivity index (χ1n) is 37.7. The lowest BCUT2D eigenvalue weighted by atomic mass is 9.98. The largest absolute Gasteiger partial charge is 0.311 e. The van der Waals surface area contributed by atoms with Crippen LogP contribution in [0, 0.1) is 34.9 Å². The molecule has 0 spiro atoms. The molecule has 0 bridgehead atoms. The van der Waals surface area contributed by atoms with Crippen LogP contribution in [0.1, 0.15) is 0 Å². The first-order chi connectivity index (χ1) is 56.0. The summed E-state index contributed by atoms with van der Waals surface area (Å²) in [5.74, 6) is -10.2. The van der Waals surface area contributed by atoms with Gasteiger partial charge in [0.25, 0.3) is 0 Å². The molecule has 0 saturated carbocycles. The number of nitrogens with zero attached hydrogens (tertiary/aromatic N) is 4. The predicted molar refractivity (Wildman–Crippen MR) is 458 cm³/mol. The minimum atomic E-state index is -2.19. The summed E-state index contributed by atoms with van der Waals surface area (Å²) in [4.78, 5) is 4.27. The summed E-state index contributed by atoms with van der Waals surface area (Å²) >= 11 is 0. The maximum absolute atomic E-state index is 14.8. The predicted octanol–water partition coefficient (Wildman–Crippen LogP) is 29.7. The molecule has 0 saturated heterocycles. The van der Waals surface area contributed by atoms with Gasteiger partial charge in [-0.3, -0.25) is 0 Å². The van der Waals surface area contributed by atoms with Crippen LogP contribution in [0.2, 0.25) is 0 Å². The molecule has 20 aromatic rings. The van der Waals surface area contributed by atoms with Crippen molar-refractivity contribution >= 4 is 99.3 Å². The second kappa shape index (κ2) is 29.6. The summed E-state index contributed by atoms with van der Waals surface area (Å²) in [5, 5.41) is 9.50. The third-order valence-electron chi connectivity index (χ3n) is 21.7. The Balaban J connectivity index is 0.000000153. The minimum Gasteiger partial charge on any atom is -0.311 e. The Morgan fingerprint density at radius 3 is 0.939 bits per heavy atom. The van der Waals surface area contributed by atoms with E-state index in [1.165, 1.54) is 73.5 Å². The van der Waals surface area contributed by atoms with E-state index >= 15 is 0 Å². The Morgan fingerprint density at radius 2 is 0.491 bits per heavy atom. The zero-order valence-corrected chi connectivity index (χ0v) is 61.2. The molecule has 18 aromatic carbocycles. The topological polar surface area (TPSA) is 16.3 Å². The molecular weight excluding hydrogens is 1420 g/mol. The van der Waals surface area contributed by atoms with Crippen molar-refractivity contribution in [3.05, 3.63) is 435 Å². The average molecular weight is 1490 g/mol. The highest BCUT2D eigenvalue weighted by molar-refractivity contribution is 6.12. The average Bonchev–Trinajstić information content (AvgIpc) is 1.72. The number of para-hydroxylation sites is 4. The molecule has 0 fully saturated rings. The Morgan fingerprint density at radius 1 is 0.184 bits per heavy atom. The number of aromatic nitrogens is 2. The van der Waals surface area contributed by atoms with Gasteiger partial charge < -0.3 is 18.9 Å². The van der Waals surface area contributed by atoms with Crippen LogP contribution >= 0.6 is 0 Å².